The second-order valence-corrected chi connectivity index (χ2v) is 4.62. The standard InChI is InChI=1S/C10H16N2OS/c1-4-10(3,5-2)12-9(13)8-6-14-7-11-8/h1,8,11H,5-7H2,2-3H3,(H,12,13). The molecule has 0 aromatic heterocycles. The molecule has 1 rings (SSSR count). The smallest absolute Gasteiger partial charge is 0.239 e. The number of amides is 1. The molecule has 0 aliphatic carbocycles. The van der Waals surface area contributed by atoms with Crippen molar-refractivity contribution in [2.24, 2.45) is 0 Å². The summed E-state index contributed by atoms with van der Waals surface area (Å²) in [7, 11) is 0. The fraction of sp³-hybridized carbons (Fsp3) is 0.700. The van der Waals surface area contributed by atoms with E-state index in [-0.39, 0.29) is 11.9 Å². The molecule has 0 bridgehead atoms. The van der Waals surface area contributed by atoms with E-state index in [0.717, 1.165) is 18.1 Å². The fourth-order valence-electron chi connectivity index (χ4n) is 1.15. The summed E-state index contributed by atoms with van der Waals surface area (Å²) in [6.07, 6.45) is 6.12. The molecule has 1 aliphatic heterocycles. The molecule has 0 saturated carbocycles. The van der Waals surface area contributed by atoms with Crippen LogP contribution in [0.2, 0.25) is 0 Å². The van der Waals surface area contributed by atoms with Crippen molar-refractivity contribution in [3.63, 3.8) is 0 Å². The van der Waals surface area contributed by atoms with Gasteiger partial charge in [-0.1, -0.05) is 12.8 Å². The summed E-state index contributed by atoms with van der Waals surface area (Å²) in [6.45, 7) is 3.84. The molecule has 1 heterocycles. The van der Waals surface area contributed by atoms with Gasteiger partial charge in [-0.05, 0) is 13.3 Å². The first-order valence-corrected chi connectivity index (χ1v) is 5.87. The van der Waals surface area contributed by atoms with Crippen LogP contribution in [0.15, 0.2) is 0 Å². The zero-order valence-electron chi connectivity index (χ0n) is 8.59. The van der Waals surface area contributed by atoms with Crippen molar-refractivity contribution in [3.05, 3.63) is 0 Å². The van der Waals surface area contributed by atoms with Crippen LogP contribution in [0, 0.1) is 12.3 Å². The van der Waals surface area contributed by atoms with Gasteiger partial charge >= 0.3 is 0 Å². The molecule has 1 saturated heterocycles. The Hall–Kier alpha value is -0.660. The van der Waals surface area contributed by atoms with Crippen LogP contribution in [0.5, 0.6) is 0 Å². The third-order valence-corrected chi connectivity index (χ3v) is 3.40. The third-order valence-electron chi connectivity index (χ3n) is 2.46. The van der Waals surface area contributed by atoms with Crippen LogP contribution < -0.4 is 10.6 Å². The van der Waals surface area contributed by atoms with Crippen LogP contribution in [0.4, 0.5) is 0 Å². The number of terminal acetylenes is 1. The van der Waals surface area contributed by atoms with E-state index in [4.69, 9.17) is 6.42 Å². The van der Waals surface area contributed by atoms with Crippen molar-refractivity contribution in [2.45, 2.75) is 31.8 Å². The molecule has 1 aliphatic rings. The Bertz CT molecular complexity index is 255. The van der Waals surface area contributed by atoms with Gasteiger partial charge in [-0.15, -0.1) is 18.2 Å². The van der Waals surface area contributed by atoms with Crippen molar-refractivity contribution in [1.29, 1.82) is 0 Å². The predicted molar refractivity (Wildman–Crippen MR) is 59.9 cm³/mol. The summed E-state index contributed by atoms with van der Waals surface area (Å²) in [5.41, 5.74) is -0.508. The monoisotopic (exact) mass is 212 g/mol. The van der Waals surface area contributed by atoms with E-state index in [9.17, 15) is 4.79 Å². The molecule has 14 heavy (non-hydrogen) atoms. The molecule has 1 amide bonds. The predicted octanol–water partition coefficient (Wildman–Crippen LogP) is 0.567. The van der Waals surface area contributed by atoms with Crippen LogP contribution >= 0.6 is 11.8 Å². The Kier molecular flexibility index (Phi) is 3.85. The molecule has 78 valence electrons. The molecule has 0 aromatic rings. The van der Waals surface area contributed by atoms with E-state index in [1.807, 2.05) is 13.8 Å². The lowest BCUT2D eigenvalue weighted by Crippen LogP contribution is -2.51. The van der Waals surface area contributed by atoms with Crippen LogP contribution in [-0.2, 0) is 4.79 Å². The van der Waals surface area contributed by atoms with Crippen molar-refractivity contribution >= 4 is 17.7 Å². The Morgan fingerprint density at radius 3 is 3.00 bits per heavy atom. The highest BCUT2D eigenvalue weighted by Gasteiger charge is 2.28. The number of carbonyl (C=O) groups is 1. The van der Waals surface area contributed by atoms with Gasteiger partial charge in [0.25, 0.3) is 0 Å². The fourth-order valence-corrected chi connectivity index (χ4v) is 2.09. The molecule has 2 unspecified atom stereocenters. The minimum absolute atomic E-state index is 0.0114. The third kappa shape index (κ3) is 2.66. The Labute approximate surface area is 89.4 Å². The van der Waals surface area contributed by atoms with Crippen LogP contribution in [0.1, 0.15) is 20.3 Å². The Morgan fingerprint density at radius 1 is 1.86 bits per heavy atom. The molecule has 2 atom stereocenters. The zero-order valence-corrected chi connectivity index (χ0v) is 9.41. The SMILES string of the molecule is C#CC(C)(CC)NC(=O)C1CSCN1. The maximum absolute atomic E-state index is 11.7. The van der Waals surface area contributed by atoms with Gasteiger partial charge in [0.15, 0.2) is 0 Å². The van der Waals surface area contributed by atoms with E-state index >= 15 is 0 Å². The maximum atomic E-state index is 11.7. The van der Waals surface area contributed by atoms with E-state index in [1.54, 1.807) is 11.8 Å². The minimum atomic E-state index is -0.508. The van der Waals surface area contributed by atoms with Gasteiger partial charge in [-0.3, -0.25) is 10.1 Å². The normalized spacial score (nSPS) is 25.1. The number of carbonyl (C=O) groups excluding carboxylic acids is 1. The number of hydrogen-bond donors (Lipinski definition) is 2. The number of thioether (sulfide) groups is 1. The first-order valence-electron chi connectivity index (χ1n) is 4.72. The van der Waals surface area contributed by atoms with Gasteiger partial charge in [0.2, 0.25) is 5.91 Å². The van der Waals surface area contributed by atoms with Gasteiger partial charge in [0, 0.05) is 11.6 Å². The lowest BCUT2D eigenvalue weighted by Gasteiger charge is -2.25. The molecule has 0 spiro atoms. The average molecular weight is 212 g/mol. The van der Waals surface area contributed by atoms with Crippen LogP contribution in [0.3, 0.4) is 0 Å². The van der Waals surface area contributed by atoms with Crippen molar-refractivity contribution in [1.82, 2.24) is 10.6 Å². The number of rotatable bonds is 3. The van der Waals surface area contributed by atoms with Crippen molar-refractivity contribution in [2.75, 3.05) is 11.6 Å². The van der Waals surface area contributed by atoms with Crippen molar-refractivity contribution in [3.8, 4) is 12.3 Å². The van der Waals surface area contributed by atoms with Gasteiger partial charge < -0.3 is 5.32 Å². The summed E-state index contributed by atoms with van der Waals surface area (Å²) < 4.78 is 0. The molecule has 1 fully saturated rings. The summed E-state index contributed by atoms with van der Waals surface area (Å²) in [5.74, 6) is 4.30. The summed E-state index contributed by atoms with van der Waals surface area (Å²) in [6, 6.07) is -0.0841. The number of nitrogens with one attached hydrogen (secondary N) is 2. The van der Waals surface area contributed by atoms with Gasteiger partial charge in [0.05, 0.1) is 11.6 Å². The molecular formula is C10H16N2OS. The molecule has 4 heteroatoms. The summed E-state index contributed by atoms with van der Waals surface area (Å²) in [5, 5.41) is 5.99. The van der Waals surface area contributed by atoms with Crippen molar-refractivity contribution < 1.29 is 4.79 Å². The van der Waals surface area contributed by atoms with Gasteiger partial charge in [0.1, 0.15) is 0 Å². The molecule has 0 aromatic carbocycles. The molecule has 3 nitrogen and oxygen atoms in total. The van der Waals surface area contributed by atoms with E-state index in [2.05, 4.69) is 16.6 Å². The Morgan fingerprint density at radius 2 is 2.57 bits per heavy atom. The summed E-state index contributed by atoms with van der Waals surface area (Å²) in [4.78, 5) is 11.7. The number of hydrogen-bond acceptors (Lipinski definition) is 3. The highest BCUT2D eigenvalue weighted by atomic mass is 32.2. The van der Waals surface area contributed by atoms with Gasteiger partial charge in [-0.25, -0.2) is 0 Å². The minimum Gasteiger partial charge on any atom is -0.339 e. The highest BCUT2D eigenvalue weighted by Crippen LogP contribution is 2.12. The zero-order chi connectivity index (χ0) is 10.6. The molecule has 2 N–H and O–H groups in total. The second kappa shape index (κ2) is 4.72. The average Bonchev–Trinajstić information content (AvgIpc) is 2.70. The topological polar surface area (TPSA) is 41.1 Å². The second-order valence-electron chi connectivity index (χ2n) is 3.59. The first-order chi connectivity index (χ1) is 6.61. The lowest BCUT2D eigenvalue weighted by molar-refractivity contribution is -0.123. The van der Waals surface area contributed by atoms with E-state index in [0.29, 0.717) is 0 Å². The first kappa shape index (κ1) is 11.4. The summed E-state index contributed by atoms with van der Waals surface area (Å²) >= 11 is 1.73. The Balaban J connectivity index is 2.51. The molecular weight excluding hydrogens is 196 g/mol. The molecule has 0 radical (unpaired) electrons. The maximum Gasteiger partial charge on any atom is 0.239 e. The quantitative estimate of drug-likeness (QED) is 0.672. The highest BCUT2D eigenvalue weighted by molar-refractivity contribution is 7.99. The van der Waals surface area contributed by atoms with Gasteiger partial charge in [-0.2, -0.15) is 0 Å². The van der Waals surface area contributed by atoms with Crippen LogP contribution in [0.25, 0.3) is 0 Å². The van der Waals surface area contributed by atoms with E-state index < -0.39 is 5.54 Å². The van der Waals surface area contributed by atoms with E-state index in [1.165, 1.54) is 0 Å². The largest absolute Gasteiger partial charge is 0.339 e. The van der Waals surface area contributed by atoms with Crippen LogP contribution in [-0.4, -0.2) is 29.1 Å². The lowest BCUT2D eigenvalue weighted by atomic mass is 10.00.